The average Bonchev–Trinajstić information content (AvgIpc) is 2.90. The molecule has 2 aromatic rings. The second-order valence-electron chi connectivity index (χ2n) is 6.63. The third-order valence-corrected chi connectivity index (χ3v) is 4.87. The van der Waals surface area contributed by atoms with Crippen LogP contribution in [0.1, 0.15) is 25.0 Å². The highest BCUT2D eigenvalue weighted by atomic mass is 16.2. The normalized spacial score (nSPS) is 16.8. The summed E-state index contributed by atoms with van der Waals surface area (Å²) in [4.78, 5) is 25.5. The highest BCUT2D eigenvalue weighted by Crippen LogP contribution is 2.21. The summed E-state index contributed by atoms with van der Waals surface area (Å²) in [6, 6.07) is 11.2. The van der Waals surface area contributed by atoms with Crippen molar-refractivity contribution >= 4 is 11.6 Å². The summed E-state index contributed by atoms with van der Waals surface area (Å²) >= 11 is 0. The molecule has 1 aliphatic carbocycles. The fourth-order valence-electron chi connectivity index (χ4n) is 3.26. The first-order chi connectivity index (χ1) is 13.0. The molecule has 6 heteroatoms. The number of anilines is 1. The smallest absolute Gasteiger partial charge is 0.295 e. The van der Waals surface area contributed by atoms with Gasteiger partial charge in [0.25, 0.3) is 11.5 Å². The molecule has 0 aliphatic heterocycles. The SMILES string of the molecule is Cc1c(NC(=O)/C(C#N)=C/C2CC=CCC2)c(=O)n(-c2ccccc2)n1C. The lowest BCUT2D eigenvalue weighted by molar-refractivity contribution is -0.112. The number of rotatable bonds is 4. The van der Waals surface area contributed by atoms with Crippen LogP contribution in [0.4, 0.5) is 5.69 Å². The molecule has 0 saturated heterocycles. The van der Waals surface area contributed by atoms with E-state index in [9.17, 15) is 14.9 Å². The lowest BCUT2D eigenvalue weighted by atomic mass is 9.92. The van der Waals surface area contributed by atoms with E-state index in [-0.39, 0.29) is 22.7 Å². The zero-order chi connectivity index (χ0) is 19.4. The van der Waals surface area contributed by atoms with Crippen molar-refractivity contribution < 1.29 is 4.79 Å². The van der Waals surface area contributed by atoms with Crippen LogP contribution in [0.25, 0.3) is 5.69 Å². The van der Waals surface area contributed by atoms with Crippen molar-refractivity contribution in [3.63, 3.8) is 0 Å². The lowest BCUT2D eigenvalue weighted by Crippen LogP contribution is -2.23. The van der Waals surface area contributed by atoms with Gasteiger partial charge < -0.3 is 5.32 Å². The number of aromatic nitrogens is 2. The van der Waals surface area contributed by atoms with Crippen molar-refractivity contribution in [2.24, 2.45) is 13.0 Å². The number of para-hydroxylation sites is 1. The van der Waals surface area contributed by atoms with Crippen LogP contribution in [0, 0.1) is 24.2 Å². The van der Waals surface area contributed by atoms with Gasteiger partial charge in [-0.2, -0.15) is 5.26 Å². The van der Waals surface area contributed by atoms with Crippen LogP contribution >= 0.6 is 0 Å². The van der Waals surface area contributed by atoms with Gasteiger partial charge in [-0.3, -0.25) is 14.3 Å². The Morgan fingerprint density at radius 2 is 2.04 bits per heavy atom. The summed E-state index contributed by atoms with van der Waals surface area (Å²) in [6.45, 7) is 1.76. The number of amides is 1. The zero-order valence-electron chi connectivity index (χ0n) is 15.5. The van der Waals surface area contributed by atoms with Crippen LogP contribution in [0.3, 0.4) is 0 Å². The second kappa shape index (κ2) is 7.92. The number of allylic oxidation sites excluding steroid dienone is 3. The number of carbonyl (C=O) groups excluding carboxylic acids is 1. The maximum atomic E-state index is 12.9. The molecule has 0 radical (unpaired) electrons. The third kappa shape index (κ3) is 3.77. The first kappa shape index (κ1) is 18.5. The Bertz CT molecular complexity index is 1000. The molecular formula is C21H22N4O2. The number of hydrogen-bond donors (Lipinski definition) is 1. The van der Waals surface area contributed by atoms with E-state index in [4.69, 9.17) is 0 Å². The molecular weight excluding hydrogens is 340 g/mol. The Balaban J connectivity index is 1.90. The Morgan fingerprint density at radius 1 is 1.30 bits per heavy atom. The van der Waals surface area contributed by atoms with E-state index < -0.39 is 5.91 Å². The minimum Gasteiger partial charge on any atom is -0.315 e. The fourth-order valence-corrected chi connectivity index (χ4v) is 3.26. The first-order valence-corrected chi connectivity index (χ1v) is 8.95. The van der Waals surface area contributed by atoms with E-state index in [1.54, 1.807) is 24.7 Å². The highest BCUT2D eigenvalue weighted by molar-refractivity contribution is 6.06. The molecule has 0 bridgehead atoms. The van der Waals surface area contributed by atoms with Gasteiger partial charge in [0.1, 0.15) is 17.3 Å². The number of benzene rings is 1. The molecule has 3 rings (SSSR count). The quantitative estimate of drug-likeness (QED) is 0.515. The van der Waals surface area contributed by atoms with E-state index in [1.165, 1.54) is 4.68 Å². The van der Waals surface area contributed by atoms with Crippen molar-refractivity contribution in [2.45, 2.75) is 26.2 Å². The third-order valence-electron chi connectivity index (χ3n) is 4.87. The standard InChI is InChI=1S/C21H22N4O2/c1-15-19(21(27)25(24(15)2)18-11-7-4-8-12-18)23-20(26)17(14-22)13-16-9-5-3-6-10-16/h3-5,7-8,11-13,16H,6,9-10H2,1-2H3,(H,23,26)/b17-13+. The summed E-state index contributed by atoms with van der Waals surface area (Å²) in [5.74, 6) is -0.369. The molecule has 6 nitrogen and oxygen atoms in total. The van der Waals surface area contributed by atoms with Crippen LogP contribution in [-0.4, -0.2) is 15.3 Å². The molecule has 27 heavy (non-hydrogen) atoms. The van der Waals surface area contributed by atoms with E-state index in [0.717, 1.165) is 19.3 Å². The van der Waals surface area contributed by atoms with E-state index in [2.05, 4.69) is 17.5 Å². The molecule has 138 valence electrons. The number of carbonyl (C=O) groups is 1. The summed E-state index contributed by atoms with van der Waals surface area (Å²) in [5, 5.41) is 12.0. The van der Waals surface area contributed by atoms with Crippen LogP contribution in [0.2, 0.25) is 0 Å². The molecule has 1 aromatic heterocycles. The van der Waals surface area contributed by atoms with Crippen molar-refractivity contribution in [3.05, 3.63) is 70.2 Å². The Labute approximate surface area is 158 Å². The Morgan fingerprint density at radius 3 is 2.67 bits per heavy atom. The monoisotopic (exact) mass is 362 g/mol. The van der Waals surface area contributed by atoms with E-state index in [0.29, 0.717) is 11.4 Å². The lowest BCUT2D eigenvalue weighted by Gasteiger charge is -2.13. The van der Waals surface area contributed by atoms with Crippen molar-refractivity contribution in [2.75, 3.05) is 5.32 Å². The van der Waals surface area contributed by atoms with Gasteiger partial charge >= 0.3 is 0 Å². The molecule has 0 saturated carbocycles. The summed E-state index contributed by atoms with van der Waals surface area (Å²) in [6.07, 6.45) is 8.57. The van der Waals surface area contributed by atoms with Gasteiger partial charge in [0, 0.05) is 7.05 Å². The molecule has 1 unspecified atom stereocenters. The number of hydrogen-bond acceptors (Lipinski definition) is 3. The molecule has 1 heterocycles. The number of nitriles is 1. The van der Waals surface area contributed by atoms with Gasteiger partial charge in [-0.05, 0) is 44.2 Å². The van der Waals surface area contributed by atoms with Crippen LogP contribution < -0.4 is 10.9 Å². The molecule has 1 atom stereocenters. The van der Waals surface area contributed by atoms with Crippen LogP contribution in [-0.2, 0) is 11.8 Å². The van der Waals surface area contributed by atoms with E-state index >= 15 is 0 Å². The summed E-state index contributed by atoms with van der Waals surface area (Å²) in [5.41, 5.74) is 1.24. The molecule has 0 spiro atoms. The Kier molecular flexibility index (Phi) is 5.41. The van der Waals surface area contributed by atoms with Crippen molar-refractivity contribution in [1.82, 2.24) is 9.36 Å². The zero-order valence-corrected chi connectivity index (χ0v) is 15.5. The molecule has 0 fully saturated rings. The van der Waals surface area contributed by atoms with Crippen molar-refractivity contribution in [1.29, 1.82) is 5.26 Å². The largest absolute Gasteiger partial charge is 0.315 e. The summed E-state index contributed by atoms with van der Waals surface area (Å²) < 4.78 is 3.18. The molecule has 1 aliphatic rings. The van der Waals surface area contributed by atoms with Crippen molar-refractivity contribution in [3.8, 4) is 11.8 Å². The van der Waals surface area contributed by atoms with Crippen LogP contribution in [0.5, 0.6) is 0 Å². The maximum absolute atomic E-state index is 12.9. The first-order valence-electron chi connectivity index (χ1n) is 8.95. The average molecular weight is 362 g/mol. The Hall–Kier alpha value is -3.33. The van der Waals surface area contributed by atoms with Gasteiger partial charge in [0.05, 0.1) is 11.4 Å². The van der Waals surface area contributed by atoms with Gasteiger partial charge in [0.15, 0.2) is 0 Å². The molecule has 1 N–H and O–H groups in total. The topological polar surface area (TPSA) is 79.8 Å². The molecule has 1 aromatic carbocycles. The number of nitrogens with zero attached hydrogens (tertiary/aromatic N) is 3. The maximum Gasteiger partial charge on any atom is 0.295 e. The van der Waals surface area contributed by atoms with Crippen LogP contribution in [0.15, 0.2) is 58.9 Å². The fraction of sp³-hybridized carbons (Fsp3) is 0.286. The minimum atomic E-state index is -0.543. The van der Waals surface area contributed by atoms with Gasteiger partial charge in [0.2, 0.25) is 0 Å². The number of nitrogens with one attached hydrogen (secondary N) is 1. The summed E-state index contributed by atoms with van der Waals surface area (Å²) in [7, 11) is 1.76. The molecule has 1 amide bonds. The minimum absolute atomic E-state index is 0.0456. The van der Waals surface area contributed by atoms with Gasteiger partial charge in [-0.15, -0.1) is 0 Å². The van der Waals surface area contributed by atoms with Gasteiger partial charge in [-0.25, -0.2) is 4.68 Å². The second-order valence-corrected chi connectivity index (χ2v) is 6.63. The predicted molar refractivity (Wildman–Crippen MR) is 105 cm³/mol. The highest BCUT2D eigenvalue weighted by Gasteiger charge is 2.20. The predicted octanol–water partition coefficient (Wildman–Crippen LogP) is 3.23. The van der Waals surface area contributed by atoms with Gasteiger partial charge in [-0.1, -0.05) is 36.4 Å². The van der Waals surface area contributed by atoms with E-state index in [1.807, 2.05) is 36.4 Å².